The lowest BCUT2D eigenvalue weighted by molar-refractivity contribution is 0.0942. The van der Waals surface area contributed by atoms with Crippen molar-refractivity contribution in [2.45, 2.75) is 27.7 Å². The Balaban J connectivity index is 2.14. The van der Waals surface area contributed by atoms with Gasteiger partial charge in [0.25, 0.3) is 5.91 Å². The van der Waals surface area contributed by atoms with E-state index in [4.69, 9.17) is 5.73 Å². The topological polar surface area (TPSA) is 68.0 Å². The van der Waals surface area contributed by atoms with Crippen LogP contribution in [0.2, 0.25) is 0 Å². The maximum absolute atomic E-state index is 12.4. The summed E-state index contributed by atoms with van der Waals surface area (Å²) in [5.74, 6) is 1.43. The summed E-state index contributed by atoms with van der Waals surface area (Å²) in [7, 11) is 0. The Bertz CT molecular complexity index is 625. The van der Waals surface area contributed by atoms with Gasteiger partial charge in [0.2, 0.25) is 0 Å². The van der Waals surface area contributed by atoms with Gasteiger partial charge in [-0.2, -0.15) is 0 Å². The summed E-state index contributed by atoms with van der Waals surface area (Å²) in [6.07, 6.45) is 1.72. The number of amides is 1. The third-order valence-electron chi connectivity index (χ3n) is 3.92. The first-order valence-corrected chi connectivity index (χ1v) is 8.14. The molecule has 3 N–H and O–H groups in total. The molecular weight excluding hydrogens is 282 g/mol. The third-order valence-corrected chi connectivity index (χ3v) is 5.05. The number of hydrogen-bond donors (Lipinski definition) is 2. The summed E-state index contributed by atoms with van der Waals surface area (Å²) in [6, 6.07) is 3.73. The third kappa shape index (κ3) is 3.35. The second-order valence-electron chi connectivity index (χ2n) is 6.06. The first-order chi connectivity index (χ1) is 9.91. The lowest BCUT2D eigenvalue weighted by Gasteiger charge is -2.24. The van der Waals surface area contributed by atoms with Gasteiger partial charge >= 0.3 is 0 Å². The Hall–Kier alpha value is -1.62. The lowest BCUT2D eigenvalue weighted by atomic mass is 9.85. The Kier molecular flexibility index (Phi) is 4.83. The number of aromatic nitrogens is 1. The number of anilines is 1. The van der Waals surface area contributed by atoms with Crippen LogP contribution in [0.25, 0.3) is 10.2 Å². The molecule has 2 heterocycles. The van der Waals surface area contributed by atoms with E-state index in [1.807, 2.05) is 12.1 Å². The predicted octanol–water partition coefficient (Wildman–Crippen LogP) is 3.54. The molecule has 0 aliphatic heterocycles. The molecule has 0 fully saturated rings. The highest BCUT2D eigenvalue weighted by Crippen LogP contribution is 2.31. The highest BCUT2D eigenvalue weighted by molar-refractivity contribution is 7.21. The smallest absolute Gasteiger partial charge is 0.263 e. The van der Waals surface area contributed by atoms with Crippen molar-refractivity contribution >= 4 is 33.1 Å². The number of thiophene rings is 1. The fourth-order valence-electron chi connectivity index (χ4n) is 2.65. The van der Waals surface area contributed by atoms with Crippen molar-refractivity contribution in [2.75, 3.05) is 12.3 Å². The van der Waals surface area contributed by atoms with Crippen molar-refractivity contribution in [1.82, 2.24) is 10.3 Å². The molecule has 0 saturated carbocycles. The van der Waals surface area contributed by atoms with Crippen molar-refractivity contribution < 1.29 is 4.79 Å². The van der Waals surface area contributed by atoms with Crippen LogP contribution < -0.4 is 11.1 Å². The van der Waals surface area contributed by atoms with Crippen molar-refractivity contribution in [1.29, 1.82) is 0 Å². The highest BCUT2D eigenvalue weighted by atomic mass is 32.1. The molecule has 1 amide bonds. The Morgan fingerprint density at radius 2 is 2.00 bits per heavy atom. The predicted molar refractivity (Wildman–Crippen MR) is 89.5 cm³/mol. The number of nitrogens with two attached hydrogens (primary N) is 1. The zero-order valence-electron chi connectivity index (χ0n) is 13.0. The van der Waals surface area contributed by atoms with Crippen molar-refractivity contribution in [3.05, 3.63) is 23.2 Å². The van der Waals surface area contributed by atoms with E-state index in [0.717, 1.165) is 10.2 Å². The monoisotopic (exact) mass is 305 g/mol. The van der Waals surface area contributed by atoms with E-state index in [-0.39, 0.29) is 5.91 Å². The Labute approximate surface area is 129 Å². The van der Waals surface area contributed by atoms with Crippen LogP contribution in [0.3, 0.4) is 0 Å². The molecule has 0 aromatic carbocycles. The molecule has 114 valence electrons. The Morgan fingerprint density at radius 1 is 1.33 bits per heavy atom. The quantitative estimate of drug-likeness (QED) is 0.888. The van der Waals surface area contributed by atoms with E-state index >= 15 is 0 Å². The van der Waals surface area contributed by atoms with Gasteiger partial charge in [-0.1, -0.05) is 27.7 Å². The summed E-state index contributed by atoms with van der Waals surface area (Å²) >= 11 is 1.35. The number of nitrogens with zero attached hydrogens (tertiary/aromatic N) is 1. The van der Waals surface area contributed by atoms with Crippen LogP contribution in [0.5, 0.6) is 0 Å². The molecule has 0 atom stereocenters. The van der Waals surface area contributed by atoms with Gasteiger partial charge in [-0.25, -0.2) is 4.98 Å². The minimum absolute atomic E-state index is 0.0956. The zero-order chi connectivity index (χ0) is 15.6. The van der Waals surface area contributed by atoms with Gasteiger partial charge in [0.05, 0.1) is 5.69 Å². The number of rotatable bonds is 5. The summed E-state index contributed by atoms with van der Waals surface area (Å²) in [4.78, 5) is 18.0. The molecule has 2 rings (SSSR count). The molecule has 0 bridgehead atoms. The number of carbonyl (C=O) groups is 1. The number of nitrogen functional groups attached to an aromatic ring is 1. The van der Waals surface area contributed by atoms with Crippen LogP contribution >= 0.6 is 11.3 Å². The number of fused-ring (bicyclic) bond motifs is 1. The standard InChI is InChI=1S/C16H23N3OS/c1-9(2)12(10(3)4)8-19-15(20)14-13(17)11-6-5-7-18-16(11)21-14/h5-7,9-10,12H,8,17H2,1-4H3,(H,19,20). The SMILES string of the molecule is CC(C)C(CNC(=O)c1sc2ncccc2c1N)C(C)C. The van der Waals surface area contributed by atoms with Gasteiger partial charge in [-0.15, -0.1) is 11.3 Å². The van der Waals surface area contributed by atoms with E-state index in [0.29, 0.717) is 34.9 Å². The molecule has 0 unspecified atom stereocenters. The number of pyridine rings is 1. The molecule has 0 radical (unpaired) electrons. The molecule has 2 aromatic heterocycles. The molecule has 2 aromatic rings. The first kappa shape index (κ1) is 15.8. The van der Waals surface area contributed by atoms with Crippen molar-refractivity contribution in [3.8, 4) is 0 Å². The fourth-order valence-corrected chi connectivity index (χ4v) is 3.63. The van der Waals surface area contributed by atoms with E-state index in [2.05, 4.69) is 38.0 Å². The zero-order valence-corrected chi connectivity index (χ0v) is 13.8. The van der Waals surface area contributed by atoms with Gasteiger partial charge in [0.1, 0.15) is 9.71 Å². The number of carbonyl (C=O) groups excluding carboxylic acids is 1. The van der Waals surface area contributed by atoms with Gasteiger partial charge in [-0.3, -0.25) is 4.79 Å². The second kappa shape index (κ2) is 6.43. The summed E-state index contributed by atoms with van der Waals surface area (Å²) in [5, 5.41) is 3.89. The first-order valence-electron chi connectivity index (χ1n) is 7.33. The van der Waals surface area contributed by atoms with Crippen LogP contribution in [-0.2, 0) is 0 Å². The van der Waals surface area contributed by atoms with Crippen LogP contribution in [-0.4, -0.2) is 17.4 Å². The molecular formula is C16H23N3OS. The maximum Gasteiger partial charge on any atom is 0.263 e. The van der Waals surface area contributed by atoms with Crippen molar-refractivity contribution in [2.24, 2.45) is 17.8 Å². The molecule has 0 aliphatic carbocycles. The van der Waals surface area contributed by atoms with Gasteiger partial charge in [0, 0.05) is 18.1 Å². The van der Waals surface area contributed by atoms with E-state index in [1.165, 1.54) is 11.3 Å². The van der Waals surface area contributed by atoms with Crippen molar-refractivity contribution in [3.63, 3.8) is 0 Å². The van der Waals surface area contributed by atoms with Crippen LogP contribution in [0.1, 0.15) is 37.4 Å². The minimum Gasteiger partial charge on any atom is -0.397 e. The molecule has 21 heavy (non-hydrogen) atoms. The van der Waals surface area contributed by atoms with Crippen LogP contribution in [0, 0.1) is 17.8 Å². The fraction of sp³-hybridized carbons (Fsp3) is 0.500. The lowest BCUT2D eigenvalue weighted by Crippen LogP contribution is -2.33. The molecule has 0 saturated heterocycles. The van der Waals surface area contributed by atoms with Gasteiger partial charge in [-0.05, 0) is 29.9 Å². The number of hydrogen-bond acceptors (Lipinski definition) is 4. The molecule has 4 nitrogen and oxygen atoms in total. The average Bonchev–Trinajstić information content (AvgIpc) is 2.76. The normalized spacial score (nSPS) is 11.8. The summed E-state index contributed by atoms with van der Waals surface area (Å²) in [6.45, 7) is 9.43. The van der Waals surface area contributed by atoms with E-state index < -0.39 is 0 Å². The van der Waals surface area contributed by atoms with Gasteiger partial charge in [0.15, 0.2) is 0 Å². The highest BCUT2D eigenvalue weighted by Gasteiger charge is 2.21. The van der Waals surface area contributed by atoms with E-state index in [1.54, 1.807) is 6.20 Å². The van der Waals surface area contributed by atoms with Crippen LogP contribution in [0.15, 0.2) is 18.3 Å². The second-order valence-corrected chi connectivity index (χ2v) is 7.06. The molecule has 0 spiro atoms. The Morgan fingerprint density at radius 3 is 2.57 bits per heavy atom. The van der Waals surface area contributed by atoms with Gasteiger partial charge < -0.3 is 11.1 Å². The number of nitrogens with one attached hydrogen (secondary N) is 1. The average molecular weight is 305 g/mol. The molecule has 0 aliphatic rings. The largest absolute Gasteiger partial charge is 0.397 e. The van der Waals surface area contributed by atoms with E-state index in [9.17, 15) is 4.79 Å². The molecule has 5 heteroatoms. The van der Waals surface area contributed by atoms with Crippen LogP contribution in [0.4, 0.5) is 5.69 Å². The summed E-state index contributed by atoms with van der Waals surface area (Å²) < 4.78 is 0. The maximum atomic E-state index is 12.4. The minimum atomic E-state index is -0.0956. The summed E-state index contributed by atoms with van der Waals surface area (Å²) in [5.41, 5.74) is 6.61.